The van der Waals surface area contributed by atoms with Crippen molar-refractivity contribution in [2.45, 2.75) is 51.1 Å². The molecule has 0 aliphatic carbocycles. The van der Waals surface area contributed by atoms with Crippen molar-refractivity contribution in [1.82, 2.24) is 8.54 Å². The molecule has 2 heterocycles. The highest BCUT2D eigenvalue weighted by atomic mass is 35.5. The maximum atomic E-state index is 14.7. The molecule has 0 radical (unpaired) electrons. The largest absolute Gasteiger partial charge is 0.507 e. The molecule has 0 spiro atoms. The van der Waals surface area contributed by atoms with E-state index in [1.165, 1.54) is 48.5 Å². The zero-order valence-electron chi connectivity index (χ0n) is 30.2. The Balaban J connectivity index is 1.79. The summed E-state index contributed by atoms with van der Waals surface area (Å²) in [6, 6.07) is 15.4. The Bertz CT molecular complexity index is 2610. The van der Waals surface area contributed by atoms with Crippen LogP contribution in [0.2, 0.25) is 59.6 Å². The van der Waals surface area contributed by atoms with Crippen LogP contribution in [0.25, 0.3) is 5.69 Å². The van der Waals surface area contributed by atoms with Crippen molar-refractivity contribution in [3.05, 3.63) is 126 Å². The highest BCUT2D eigenvalue weighted by Crippen LogP contribution is 2.44. The summed E-state index contributed by atoms with van der Waals surface area (Å²) in [6.07, 6.45) is 0. The smallest absolute Gasteiger partial charge is 0.269 e. The highest BCUT2D eigenvalue weighted by Gasteiger charge is 2.38. The number of carbonyl (C=O) groups excluding carboxylic acids is 2. The second-order valence-electron chi connectivity index (χ2n) is 14.5. The first-order valence-corrected chi connectivity index (χ1v) is 26.3. The standard InChI is InChI=1S/C39H34Cl4N2O6SSi2/c1-23-8-12-26(13-9-23)52(50,51)45-35(37(49)28-15-11-25(21-32(28)47)17-19-54(5,6)7)34(33(41)39(45)43)44-30(22-29(40)38(44)42)36(48)27-14-10-24(20-31(27)46)16-18-53(2,3)4/h8-15,20-22,46-47H,1-7H3. The minimum atomic E-state index is -4.69. The van der Waals surface area contributed by atoms with Crippen LogP contribution < -0.4 is 0 Å². The molecule has 2 N–H and O–H groups in total. The molecule has 54 heavy (non-hydrogen) atoms. The molecular weight excluding hydrogens is 822 g/mol. The van der Waals surface area contributed by atoms with Gasteiger partial charge in [-0.25, -0.2) is 12.4 Å². The summed E-state index contributed by atoms with van der Waals surface area (Å²) in [5.74, 6) is 3.28. The van der Waals surface area contributed by atoms with Crippen molar-refractivity contribution < 1.29 is 28.2 Å². The molecule has 2 aromatic heterocycles. The maximum absolute atomic E-state index is 14.7. The van der Waals surface area contributed by atoms with Gasteiger partial charge in [0.1, 0.15) is 48.7 Å². The molecule has 3 aromatic carbocycles. The van der Waals surface area contributed by atoms with E-state index in [1.54, 1.807) is 25.1 Å². The Hall–Kier alpha value is -4.18. The monoisotopic (exact) mass is 854 g/mol. The number of carbonyl (C=O) groups is 2. The third-order valence-electron chi connectivity index (χ3n) is 7.77. The van der Waals surface area contributed by atoms with Crippen molar-refractivity contribution in [2.75, 3.05) is 0 Å². The van der Waals surface area contributed by atoms with Gasteiger partial charge in [-0.05, 0) is 61.5 Å². The van der Waals surface area contributed by atoms with Gasteiger partial charge in [-0.3, -0.25) is 14.2 Å². The molecule has 0 aliphatic rings. The first-order chi connectivity index (χ1) is 25.0. The van der Waals surface area contributed by atoms with E-state index in [1.807, 2.05) is 19.6 Å². The van der Waals surface area contributed by atoms with E-state index in [-0.39, 0.29) is 31.9 Å². The lowest BCUT2D eigenvalue weighted by Gasteiger charge is -2.16. The molecular formula is C39H34Cl4N2O6SSi2. The molecule has 278 valence electrons. The molecule has 0 bridgehead atoms. The molecule has 0 saturated heterocycles. The molecule has 0 fully saturated rings. The van der Waals surface area contributed by atoms with Crippen LogP contribution in [0.1, 0.15) is 48.8 Å². The van der Waals surface area contributed by atoms with Gasteiger partial charge in [-0.1, -0.05) is 115 Å². The van der Waals surface area contributed by atoms with Crippen LogP contribution in [-0.2, 0) is 10.0 Å². The lowest BCUT2D eigenvalue weighted by molar-refractivity contribution is 0.101. The number of aromatic nitrogens is 2. The van der Waals surface area contributed by atoms with Gasteiger partial charge >= 0.3 is 0 Å². The fourth-order valence-corrected chi connectivity index (χ4v) is 8.78. The summed E-state index contributed by atoms with van der Waals surface area (Å²) >= 11 is 26.8. The molecule has 8 nitrogen and oxygen atoms in total. The van der Waals surface area contributed by atoms with Gasteiger partial charge < -0.3 is 10.2 Å². The lowest BCUT2D eigenvalue weighted by atomic mass is 10.0. The van der Waals surface area contributed by atoms with Crippen LogP contribution >= 0.6 is 46.4 Å². The van der Waals surface area contributed by atoms with Crippen LogP contribution in [0.3, 0.4) is 0 Å². The number of phenols is 2. The Labute approximate surface area is 336 Å². The number of rotatable bonds is 7. The molecule has 5 rings (SSSR count). The normalized spacial score (nSPS) is 11.8. The van der Waals surface area contributed by atoms with Crippen molar-refractivity contribution in [3.63, 3.8) is 0 Å². The maximum Gasteiger partial charge on any atom is 0.269 e. The molecule has 0 amide bonds. The van der Waals surface area contributed by atoms with Crippen LogP contribution in [0.5, 0.6) is 11.5 Å². The third kappa shape index (κ3) is 8.39. The Kier molecular flexibility index (Phi) is 11.5. The van der Waals surface area contributed by atoms with Crippen molar-refractivity contribution >= 4 is 84.1 Å². The number of nitrogens with zero attached hydrogens (tertiary/aromatic N) is 2. The summed E-state index contributed by atoms with van der Waals surface area (Å²) < 4.78 is 30.3. The van der Waals surface area contributed by atoms with Gasteiger partial charge in [-0.2, -0.15) is 0 Å². The topological polar surface area (TPSA) is 119 Å². The van der Waals surface area contributed by atoms with Crippen LogP contribution in [0.15, 0.2) is 71.6 Å². The number of aryl methyl sites for hydroxylation is 1. The zero-order chi connectivity index (χ0) is 40.1. The van der Waals surface area contributed by atoms with Crippen molar-refractivity contribution in [2.24, 2.45) is 0 Å². The fourth-order valence-electron chi connectivity index (χ4n) is 5.16. The highest BCUT2D eigenvalue weighted by molar-refractivity contribution is 7.90. The number of phenolic OH excluding ortho intramolecular Hbond substituents is 2. The second kappa shape index (κ2) is 15.2. The number of halogens is 4. The minimum Gasteiger partial charge on any atom is -0.507 e. The number of hydrogen-bond donors (Lipinski definition) is 2. The van der Waals surface area contributed by atoms with Gasteiger partial charge in [0.25, 0.3) is 10.0 Å². The first-order valence-electron chi connectivity index (χ1n) is 16.3. The van der Waals surface area contributed by atoms with E-state index in [2.05, 4.69) is 42.6 Å². The predicted octanol–water partition coefficient (Wildman–Crippen LogP) is 9.77. The average molecular weight is 857 g/mol. The molecule has 15 heteroatoms. The van der Waals surface area contributed by atoms with Gasteiger partial charge in [0.2, 0.25) is 11.6 Å². The number of benzene rings is 3. The number of aromatic hydroxyl groups is 2. The van der Waals surface area contributed by atoms with Gasteiger partial charge in [0.15, 0.2) is 0 Å². The molecule has 0 atom stereocenters. The summed E-state index contributed by atoms with van der Waals surface area (Å²) in [4.78, 5) is 28.7. The average Bonchev–Trinajstić information content (AvgIpc) is 3.52. The predicted molar refractivity (Wildman–Crippen MR) is 221 cm³/mol. The fraction of sp³-hybridized carbons (Fsp3) is 0.179. The third-order valence-corrected chi connectivity index (χ3v) is 12.9. The molecule has 0 unspecified atom stereocenters. The molecule has 5 aromatic rings. The van der Waals surface area contributed by atoms with Gasteiger partial charge in [-0.15, -0.1) is 11.1 Å². The number of ketones is 2. The van der Waals surface area contributed by atoms with Gasteiger partial charge in [0.05, 0.1) is 32.4 Å². The van der Waals surface area contributed by atoms with E-state index in [0.717, 1.165) is 10.1 Å². The minimum absolute atomic E-state index is 0.162. The van der Waals surface area contributed by atoms with Crippen LogP contribution in [-0.4, -0.2) is 54.9 Å². The Morgan fingerprint density at radius 1 is 0.685 bits per heavy atom. The van der Waals surface area contributed by atoms with E-state index >= 15 is 0 Å². The van der Waals surface area contributed by atoms with Crippen molar-refractivity contribution in [1.29, 1.82) is 0 Å². The van der Waals surface area contributed by atoms with E-state index < -0.39 is 70.8 Å². The molecule has 0 aliphatic heterocycles. The van der Waals surface area contributed by atoms with E-state index in [9.17, 15) is 28.2 Å². The zero-order valence-corrected chi connectivity index (χ0v) is 36.0. The SMILES string of the molecule is Cc1ccc(S(=O)(=O)n2c(Cl)c(Cl)c(-n3c(C(=O)c4ccc(C#C[Si](C)(C)C)cc4O)cc(Cl)c3Cl)c2C(=O)c2ccc(C#C[Si](C)(C)C)cc2O)cc1. The Morgan fingerprint density at radius 3 is 1.63 bits per heavy atom. The summed E-state index contributed by atoms with van der Waals surface area (Å²) in [5.41, 5.74) is 6.19. The van der Waals surface area contributed by atoms with Crippen molar-refractivity contribution in [3.8, 4) is 40.1 Å². The quantitative estimate of drug-likeness (QED) is 0.0957. The summed E-state index contributed by atoms with van der Waals surface area (Å²) in [6.45, 7) is 14.1. The van der Waals surface area contributed by atoms with E-state index in [4.69, 9.17) is 46.4 Å². The van der Waals surface area contributed by atoms with Crippen LogP contribution in [0, 0.1) is 29.9 Å². The Morgan fingerprint density at radius 2 is 1.17 bits per heavy atom. The summed E-state index contributed by atoms with van der Waals surface area (Å²) in [5, 5.41) is 20.6. The second-order valence-corrected chi connectivity index (χ2v) is 27.3. The first kappa shape index (κ1) is 41.0. The molecule has 0 saturated carbocycles. The van der Waals surface area contributed by atoms with Crippen LogP contribution in [0.4, 0.5) is 0 Å². The summed E-state index contributed by atoms with van der Waals surface area (Å²) in [7, 11) is -8.24. The number of hydrogen-bond acceptors (Lipinski definition) is 6. The van der Waals surface area contributed by atoms with E-state index in [0.29, 0.717) is 15.1 Å². The lowest BCUT2D eigenvalue weighted by Crippen LogP contribution is -2.21. The van der Waals surface area contributed by atoms with Gasteiger partial charge in [0, 0.05) is 11.1 Å².